The van der Waals surface area contributed by atoms with Crippen molar-refractivity contribution >= 4 is 23.6 Å². The number of amides is 1. The van der Waals surface area contributed by atoms with Crippen molar-refractivity contribution in [2.24, 2.45) is 0 Å². The van der Waals surface area contributed by atoms with E-state index in [0.717, 1.165) is 17.0 Å². The Hall–Kier alpha value is -3.06. The van der Waals surface area contributed by atoms with Crippen molar-refractivity contribution in [3.05, 3.63) is 84.2 Å². The number of ether oxygens (including phenoxy) is 1. The number of para-hydroxylation sites is 1. The van der Waals surface area contributed by atoms with E-state index in [-0.39, 0.29) is 12.5 Å². The van der Waals surface area contributed by atoms with Gasteiger partial charge in [0, 0.05) is 17.3 Å². The van der Waals surface area contributed by atoms with E-state index in [4.69, 9.17) is 4.74 Å². The number of carbonyl (C=O) groups excluding carboxylic acids is 2. The van der Waals surface area contributed by atoms with Crippen molar-refractivity contribution in [3.8, 4) is 5.69 Å². The molecular weight excluding hydrogens is 386 g/mol. The Bertz CT molecular complexity index is 929. The molecule has 1 N–H and O–H groups in total. The minimum absolute atomic E-state index is 0.0998. The molecule has 6 nitrogen and oxygen atoms in total. The highest BCUT2D eigenvalue weighted by Gasteiger charge is 2.22. The summed E-state index contributed by atoms with van der Waals surface area (Å²) >= 11 is 1.61. The van der Waals surface area contributed by atoms with E-state index in [0.29, 0.717) is 12.0 Å². The second kappa shape index (κ2) is 10.5. The molecule has 0 spiro atoms. The van der Waals surface area contributed by atoms with Gasteiger partial charge in [0.2, 0.25) is 0 Å². The van der Waals surface area contributed by atoms with Gasteiger partial charge in [-0.05, 0) is 42.7 Å². The van der Waals surface area contributed by atoms with Crippen LogP contribution in [0.25, 0.3) is 5.69 Å². The van der Waals surface area contributed by atoms with Gasteiger partial charge in [-0.3, -0.25) is 4.79 Å². The predicted octanol–water partition coefficient (Wildman–Crippen LogP) is 3.47. The topological polar surface area (TPSA) is 73.2 Å². The van der Waals surface area contributed by atoms with Crippen molar-refractivity contribution < 1.29 is 14.3 Å². The number of hydrogen-bond acceptors (Lipinski definition) is 5. The van der Waals surface area contributed by atoms with E-state index in [1.165, 1.54) is 0 Å². The smallest absolute Gasteiger partial charge is 0.329 e. The lowest BCUT2D eigenvalue weighted by Crippen LogP contribution is -2.42. The highest BCUT2D eigenvalue weighted by atomic mass is 32.2. The molecule has 0 bridgehead atoms. The number of aromatic nitrogens is 2. The molecule has 0 fully saturated rings. The Morgan fingerprint density at radius 2 is 1.79 bits per heavy atom. The maximum absolute atomic E-state index is 12.6. The molecule has 0 radical (unpaired) electrons. The van der Waals surface area contributed by atoms with Crippen molar-refractivity contribution in [1.82, 2.24) is 15.1 Å². The Morgan fingerprint density at radius 1 is 1.10 bits per heavy atom. The van der Waals surface area contributed by atoms with E-state index in [9.17, 15) is 9.59 Å². The van der Waals surface area contributed by atoms with Gasteiger partial charge in [-0.25, -0.2) is 9.48 Å². The van der Waals surface area contributed by atoms with Crippen LogP contribution in [0.1, 0.15) is 22.3 Å². The second-order valence-corrected chi connectivity index (χ2v) is 7.40. The second-order valence-electron chi connectivity index (χ2n) is 6.41. The molecule has 7 heteroatoms. The quantitative estimate of drug-likeness (QED) is 0.548. The van der Waals surface area contributed by atoms with E-state index in [1.807, 2.05) is 48.9 Å². The zero-order valence-corrected chi connectivity index (χ0v) is 17.0. The lowest BCUT2D eigenvalue weighted by molar-refractivity contribution is -0.147. The van der Waals surface area contributed by atoms with E-state index >= 15 is 0 Å². The summed E-state index contributed by atoms with van der Waals surface area (Å²) < 4.78 is 7.18. The standard InChI is InChI=1S/C22H23N3O3S/c1-29-13-12-20(24-21(26)18-8-4-2-5-9-18)22(27)28-16-17-14-23-25(15-17)19-10-6-3-7-11-19/h2-11,14-15,20H,12-13,16H2,1H3,(H,24,26). The molecule has 1 unspecified atom stereocenters. The molecule has 0 saturated carbocycles. The number of rotatable bonds is 9. The SMILES string of the molecule is CSCCC(NC(=O)c1ccccc1)C(=O)OCc1cnn(-c2ccccc2)c1. The minimum Gasteiger partial charge on any atom is -0.459 e. The fraction of sp³-hybridized carbons (Fsp3) is 0.227. The third kappa shape index (κ3) is 5.96. The average molecular weight is 410 g/mol. The molecule has 1 aromatic heterocycles. The molecule has 150 valence electrons. The summed E-state index contributed by atoms with van der Waals surface area (Å²) in [5.41, 5.74) is 2.22. The summed E-state index contributed by atoms with van der Waals surface area (Å²) in [5, 5.41) is 7.09. The van der Waals surface area contributed by atoms with Gasteiger partial charge in [0.25, 0.3) is 5.91 Å². The molecule has 0 saturated heterocycles. The molecule has 0 aliphatic carbocycles. The van der Waals surface area contributed by atoms with Gasteiger partial charge in [-0.1, -0.05) is 36.4 Å². The summed E-state index contributed by atoms with van der Waals surface area (Å²) in [4.78, 5) is 25.0. The monoisotopic (exact) mass is 409 g/mol. The van der Waals surface area contributed by atoms with Crippen LogP contribution in [0.15, 0.2) is 73.1 Å². The lowest BCUT2D eigenvalue weighted by atomic mass is 10.1. The van der Waals surface area contributed by atoms with Crippen LogP contribution < -0.4 is 5.32 Å². The van der Waals surface area contributed by atoms with Gasteiger partial charge in [0.05, 0.1) is 11.9 Å². The van der Waals surface area contributed by atoms with E-state index in [1.54, 1.807) is 46.9 Å². The fourth-order valence-corrected chi connectivity index (χ4v) is 3.20. The van der Waals surface area contributed by atoms with Crippen molar-refractivity contribution in [2.75, 3.05) is 12.0 Å². The molecule has 0 aliphatic rings. The number of nitrogens with zero attached hydrogens (tertiary/aromatic N) is 2. The maximum Gasteiger partial charge on any atom is 0.329 e. The molecule has 1 atom stereocenters. The molecule has 3 rings (SSSR count). The number of hydrogen-bond donors (Lipinski definition) is 1. The van der Waals surface area contributed by atoms with Crippen molar-refractivity contribution in [2.45, 2.75) is 19.1 Å². The largest absolute Gasteiger partial charge is 0.459 e. The number of carbonyl (C=O) groups is 2. The third-order valence-corrected chi connectivity index (χ3v) is 4.92. The molecule has 29 heavy (non-hydrogen) atoms. The molecule has 3 aromatic rings. The van der Waals surface area contributed by atoms with Crippen LogP contribution in [0.5, 0.6) is 0 Å². The molecular formula is C22H23N3O3S. The molecule has 1 heterocycles. The predicted molar refractivity (Wildman–Crippen MR) is 114 cm³/mol. The Kier molecular flexibility index (Phi) is 7.47. The van der Waals surface area contributed by atoms with Crippen LogP contribution >= 0.6 is 11.8 Å². The highest BCUT2D eigenvalue weighted by Crippen LogP contribution is 2.10. The first kappa shape index (κ1) is 20.7. The van der Waals surface area contributed by atoms with Gasteiger partial charge < -0.3 is 10.1 Å². The van der Waals surface area contributed by atoms with Gasteiger partial charge in [-0.2, -0.15) is 16.9 Å². The van der Waals surface area contributed by atoms with Crippen LogP contribution in [0.4, 0.5) is 0 Å². The number of thioether (sulfide) groups is 1. The van der Waals surface area contributed by atoms with Gasteiger partial charge >= 0.3 is 5.97 Å². The Morgan fingerprint density at radius 3 is 2.48 bits per heavy atom. The van der Waals surface area contributed by atoms with Crippen LogP contribution in [0.2, 0.25) is 0 Å². The summed E-state index contributed by atoms with van der Waals surface area (Å²) in [6.45, 7) is 0.0998. The van der Waals surface area contributed by atoms with E-state index < -0.39 is 12.0 Å². The summed E-state index contributed by atoms with van der Waals surface area (Å²) in [7, 11) is 0. The first-order chi connectivity index (χ1) is 14.2. The lowest BCUT2D eigenvalue weighted by Gasteiger charge is -2.17. The summed E-state index contributed by atoms with van der Waals surface area (Å²) in [6.07, 6.45) is 5.95. The number of esters is 1. The highest BCUT2D eigenvalue weighted by molar-refractivity contribution is 7.98. The van der Waals surface area contributed by atoms with Crippen LogP contribution in [-0.4, -0.2) is 39.7 Å². The normalized spacial score (nSPS) is 11.6. The molecule has 2 aromatic carbocycles. The minimum atomic E-state index is -0.695. The Balaban J connectivity index is 1.60. The van der Waals surface area contributed by atoms with Gasteiger partial charge in [0.1, 0.15) is 12.6 Å². The van der Waals surface area contributed by atoms with Crippen LogP contribution in [-0.2, 0) is 16.1 Å². The first-order valence-corrected chi connectivity index (χ1v) is 10.7. The first-order valence-electron chi connectivity index (χ1n) is 9.28. The van der Waals surface area contributed by atoms with E-state index in [2.05, 4.69) is 10.4 Å². The molecule has 0 aliphatic heterocycles. The number of nitrogens with one attached hydrogen (secondary N) is 1. The zero-order valence-electron chi connectivity index (χ0n) is 16.2. The van der Waals surface area contributed by atoms with Gasteiger partial charge in [-0.15, -0.1) is 0 Å². The summed E-state index contributed by atoms with van der Waals surface area (Å²) in [5.74, 6) is 0.00201. The third-order valence-electron chi connectivity index (χ3n) is 4.27. The van der Waals surface area contributed by atoms with Gasteiger partial charge in [0.15, 0.2) is 0 Å². The number of benzene rings is 2. The fourth-order valence-electron chi connectivity index (χ4n) is 2.73. The zero-order chi connectivity index (χ0) is 20.5. The van der Waals surface area contributed by atoms with Crippen LogP contribution in [0.3, 0.4) is 0 Å². The maximum atomic E-state index is 12.6. The average Bonchev–Trinajstić information content (AvgIpc) is 3.25. The Labute approximate surface area is 174 Å². The van der Waals surface area contributed by atoms with Crippen LogP contribution in [0, 0.1) is 0 Å². The summed E-state index contributed by atoms with van der Waals surface area (Å²) in [6, 6.07) is 17.8. The van der Waals surface area contributed by atoms with Crippen molar-refractivity contribution in [3.63, 3.8) is 0 Å². The molecule has 1 amide bonds. The van der Waals surface area contributed by atoms with Crippen molar-refractivity contribution in [1.29, 1.82) is 0 Å².